The third-order valence-electron chi connectivity index (χ3n) is 6.81. The Morgan fingerprint density at radius 3 is 2.40 bits per heavy atom. The van der Waals surface area contributed by atoms with Crippen LogP contribution in [0.2, 0.25) is 0 Å². The lowest BCUT2D eigenvalue weighted by atomic mass is 9.90. The summed E-state index contributed by atoms with van der Waals surface area (Å²) >= 11 is 0. The minimum atomic E-state index is -1.74. The molecule has 1 aliphatic heterocycles. The number of aliphatic hydroxyl groups is 3. The Morgan fingerprint density at radius 1 is 1.02 bits per heavy atom. The van der Waals surface area contributed by atoms with Crippen LogP contribution in [0.1, 0.15) is 11.6 Å². The monoisotopic (exact) mass is 559 g/mol. The summed E-state index contributed by atoms with van der Waals surface area (Å²) in [6.45, 7) is -0.894. The Bertz CT molecular complexity index is 1510. The molecule has 5 rings (SSSR count). The molecule has 0 radical (unpaired) electrons. The molecule has 2 heterocycles. The normalized spacial score (nSPS) is 23.8. The van der Waals surface area contributed by atoms with Gasteiger partial charge >= 0.3 is 5.97 Å². The number of carboxylic acids is 1. The molecular weight excluding hydrogens is 535 g/mol. The summed E-state index contributed by atoms with van der Waals surface area (Å²) in [6.07, 6.45) is -6.86. The maximum Gasteiger partial charge on any atom is 0.335 e. The lowest BCUT2D eigenvalue weighted by Crippen LogP contribution is -2.60. The number of aromatic nitrogens is 3. The predicted molar refractivity (Wildman–Crippen MR) is 132 cm³/mol. The summed E-state index contributed by atoms with van der Waals surface area (Å²) in [5, 5.41) is 51.2. The Morgan fingerprint density at radius 2 is 1.73 bits per heavy atom. The summed E-state index contributed by atoms with van der Waals surface area (Å²) in [5.74, 6) is -6.04. The van der Waals surface area contributed by atoms with Gasteiger partial charge < -0.3 is 29.9 Å². The molecule has 1 aliphatic rings. The van der Waals surface area contributed by atoms with E-state index in [1.165, 1.54) is 0 Å². The van der Waals surface area contributed by atoms with E-state index in [-0.39, 0.29) is 17.9 Å². The van der Waals surface area contributed by atoms with E-state index in [0.29, 0.717) is 17.7 Å². The topological polar surface area (TPSA) is 147 Å². The highest BCUT2D eigenvalue weighted by Gasteiger charge is 2.50. The summed E-state index contributed by atoms with van der Waals surface area (Å²) in [4.78, 5) is 12.2. The summed E-state index contributed by atoms with van der Waals surface area (Å²) in [5.41, 5.74) is 0.365. The molecule has 13 heteroatoms. The molecule has 10 nitrogen and oxygen atoms in total. The number of aliphatic hydroxyl groups excluding tert-OH is 3. The number of carboxylic acid groups (broad SMARTS) is 1. The molecule has 0 aliphatic carbocycles. The van der Waals surface area contributed by atoms with Crippen LogP contribution in [0.3, 0.4) is 0 Å². The van der Waals surface area contributed by atoms with E-state index in [0.717, 1.165) is 21.7 Å². The zero-order valence-electron chi connectivity index (χ0n) is 20.6. The van der Waals surface area contributed by atoms with Crippen molar-refractivity contribution in [2.75, 3.05) is 6.61 Å². The van der Waals surface area contributed by atoms with Gasteiger partial charge in [0.15, 0.2) is 23.6 Å². The third kappa shape index (κ3) is 5.29. The van der Waals surface area contributed by atoms with Gasteiger partial charge in [-0.2, -0.15) is 0 Å². The van der Waals surface area contributed by atoms with Gasteiger partial charge in [-0.25, -0.2) is 22.6 Å². The number of carbonyl (C=O) groups is 1. The Labute approximate surface area is 224 Å². The van der Waals surface area contributed by atoms with Gasteiger partial charge in [-0.15, -0.1) is 5.10 Å². The van der Waals surface area contributed by atoms with Gasteiger partial charge in [-0.3, -0.25) is 0 Å². The molecule has 0 bridgehead atoms. The van der Waals surface area contributed by atoms with E-state index in [4.69, 9.17) is 9.47 Å². The van der Waals surface area contributed by atoms with Crippen molar-refractivity contribution < 1.29 is 47.9 Å². The number of ether oxygens (including phenoxy) is 2. The molecule has 1 saturated heterocycles. The van der Waals surface area contributed by atoms with Gasteiger partial charge in [0.2, 0.25) is 0 Å². The number of benzene rings is 3. The van der Waals surface area contributed by atoms with Crippen molar-refractivity contribution in [3.63, 3.8) is 0 Å². The van der Waals surface area contributed by atoms with Crippen molar-refractivity contribution in [2.45, 2.75) is 43.2 Å². The van der Waals surface area contributed by atoms with Crippen LogP contribution < -0.4 is 0 Å². The fourth-order valence-corrected chi connectivity index (χ4v) is 4.77. The van der Waals surface area contributed by atoms with Crippen molar-refractivity contribution in [1.29, 1.82) is 0 Å². The molecule has 4 aromatic rings. The first-order valence-electron chi connectivity index (χ1n) is 12.2. The third-order valence-corrected chi connectivity index (χ3v) is 6.81. The second-order valence-corrected chi connectivity index (χ2v) is 9.38. The second kappa shape index (κ2) is 11.3. The number of rotatable bonds is 8. The molecule has 0 saturated carbocycles. The van der Waals surface area contributed by atoms with Crippen molar-refractivity contribution in [1.82, 2.24) is 15.0 Å². The summed E-state index contributed by atoms with van der Waals surface area (Å²) in [6, 6.07) is 13.0. The molecule has 0 spiro atoms. The largest absolute Gasteiger partial charge is 0.479 e. The van der Waals surface area contributed by atoms with Crippen LogP contribution in [-0.4, -0.2) is 78.5 Å². The smallest absolute Gasteiger partial charge is 0.335 e. The van der Waals surface area contributed by atoms with Crippen molar-refractivity contribution in [2.24, 2.45) is 0 Å². The van der Waals surface area contributed by atoms with E-state index in [1.807, 2.05) is 36.4 Å². The predicted octanol–water partition coefficient (Wildman–Crippen LogP) is 2.21. The van der Waals surface area contributed by atoms with E-state index < -0.39 is 66.6 Å². The highest BCUT2D eigenvalue weighted by Crippen LogP contribution is 2.33. The molecule has 1 fully saturated rings. The minimum Gasteiger partial charge on any atom is -0.479 e. The van der Waals surface area contributed by atoms with Gasteiger partial charge in [-0.1, -0.05) is 41.6 Å². The molecule has 0 amide bonds. The molecular formula is C27H24F3N3O7. The maximum absolute atomic E-state index is 13.7. The lowest BCUT2D eigenvalue weighted by Gasteiger charge is -2.43. The fraction of sp³-hybridized carbons (Fsp3) is 0.296. The number of halogens is 3. The van der Waals surface area contributed by atoms with Crippen LogP contribution in [0.15, 0.2) is 60.8 Å². The summed E-state index contributed by atoms with van der Waals surface area (Å²) < 4.78 is 53.0. The van der Waals surface area contributed by atoms with Crippen molar-refractivity contribution in [3.8, 4) is 11.3 Å². The average Bonchev–Trinajstić information content (AvgIpc) is 3.42. The lowest BCUT2D eigenvalue weighted by molar-refractivity contribution is -0.238. The van der Waals surface area contributed by atoms with Gasteiger partial charge in [-0.05, 0) is 34.5 Å². The Hall–Kier alpha value is -3.88. The Balaban J connectivity index is 1.41. The Kier molecular flexibility index (Phi) is 7.83. The second-order valence-electron chi connectivity index (χ2n) is 9.38. The highest BCUT2D eigenvalue weighted by atomic mass is 19.2. The number of aliphatic carboxylic acids is 1. The first kappa shape index (κ1) is 27.7. The maximum atomic E-state index is 13.7. The van der Waals surface area contributed by atoms with E-state index in [9.17, 15) is 38.4 Å². The van der Waals surface area contributed by atoms with Crippen LogP contribution in [0, 0.1) is 17.5 Å². The van der Waals surface area contributed by atoms with E-state index in [2.05, 4.69) is 10.3 Å². The number of hydrogen-bond donors (Lipinski definition) is 4. The SMILES string of the molecule is O=C(O)[C@@H](OCc1ccc2ccccc2c1)[C@@H]1OC(CO)[C@H](O)[C@H](n2cc(-c3cc(F)c(F)c(F)c3)nn2)C1O. The summed E-state index contributed by atoms with van der Waals surface area (Å²) in [7, 11) is 0. The average molecular weight is 559 g/mol. The number of hydrogen-bond acceptors (Lipinski definition) is 8. The highest BCUT2D eigenvalue weighted by molar-refractivity contribution is 5.83. The molecule has 2 unspecified atom stereocenters. The zero-order valence-corrected chi connectivity index (χ0v) is 20.6. The van der Waals surface area contributed by atoms with E-state index >= 15 is 0 Å². The molecule has 6 atom stereocenters. The molecule has 4 N–H and O–H groups in total. The number of fused-ring (bicyclic) bond motifs is 1. The first-order chi connectivity index (χ1) is 19.2. The van der Waals surface area contributed by atoms with Gasteiger partial charge in [0.05, 0.1) is 19.4 Å². The molecule has 1 aromatic heterocycles. The van der Waals surface area contributed by atoms with Crippen molar-refractivity contribution in [3.05, 3.63) is 83.8 Å². The van der Waals surface area contributed by atoms with E-state index in [1.54, 1.807) is 6.07 Å². The zero-order chi connectivity index (χ0) is 28.6. The first-order valence-corrected chi connectivity index (χ1v) is 12.2. The van der Waals surface area contributed by atoms with Crippen LogP contribution in [0.4, 0.5) is 13.2 Å². The number of nitrogens with zero attached hydrogens (tertiary/aromatic N) is 3. The standard InChI is InChI=1S/C27H24F3N3O7/c28-17-8-16(9-18(29)21(17)30)19-10-33(32-31-19)22-23(35)20(11-34)40-25(24(22)36)26(27(37)38)39-12-13-5-6-14-3-1-2-4-15(14)7-13/h1-10,20,22-26,34-36H,11-12H2,(H,37,38)/t20?,22-,23-,24?,25+,26-/m0/s1. The molecule has 3 aromatic carbocycles. The molecule has 40 heavy (non-hydrogen) atoms. The van der Waals surface area contributed by atoms with Gasteiger partial charge in [0.1, 0.15) is 36.2 Å². The van der Waals surface area contributed by atoms with Gasteiger partial charge in [0.25, 0.3) is 0 Å². The van der Waals surface area contributed by atoms with Gasteiger partial charge in [0, 0.05) is 5.56 Å². The van der Waals surface area contributed by atoms with Crippen molar-refractivity contribution >= 4 is 16.7 Å². The minimum absolute atomic E-state index is 0.122. The quantitative estimate of drug-likeness (QED) is 0.239. The van der Waals surface area contributed by atoms with Crippen LogP contribution in [-0.2, 0) is 20.9 Å². The molecule has 210 valence electrons. The van der Waals surface area contributed by atoms with Crippen LogP contribution in [0.5, 0.6) is 0 Å². The van der Waals surface area contributed by atoms with Crippen LogP contribution >= 0.6 is 0 Å². The fourth-order valence-electron chi connectivity index (χ4n) is 4.77. The van der Waals surface area contributed by atoms with Crippen LogP contribution in [0.25, 0.3) is 22.0 Å².